The van der Waals surface area contributed by atoms with Crippen molar-refractivity contribution < 1.29 is 18.3 Å². The molecule has 2 N–H and O–H groups in total. The zero-order valence-electron chi connectivity index (χ0n) is 11.4. The Morgan fingerprint density at radius 1 is 1.24 bits per heavy atom. The van der Waals surface area contributed by atoms with E-state index in [4.69, 9.17) is 5.11 Å². The number of hydrogen-bond donors (Lipinski definition) is 2. The summed E-state index contributed by atoms with van der Waals surface area (Å²) < 4.78 is 27.3. The molecule has 1 aliphatic carbocycles. The number of carboxylic acid groups (broad SMARTS) is 1. The highest BCUT2D eigenvalue weighted by atomic mass is 32.2. The van der Waals surface area contributed by atoms with E-state index in [0.29, 0.717) is 5.84 Å². The van der Waals surface area contributed by atoms with E-state index in [1.54, 1.807) is 6.07 Å². The number of benzene rings is 1. The van der Waals surface area contributed by atoms with Gasteiger partial charge in [-0.2, -0.15) is 0 Å². The molecule has 1 aliphatic heterocycles. The van der Waals surface area contributed by atoms with Gasteiger partial charge in [-0.3, -0.25) is 4.72 Å². The maximum Gasteiger partial charge on any atom is 0.337 e. The zero-order chi connectivity index (χ0) is 15.0. The maximum atomic E-state index is 12.4. The standard InChI is InChI=1S/C14H16N2O4S/c17-14(18)10-7-4-8-11-12(10)21(19,20)16-13(15-11)9-5-2-1-3-6-9/h4,7-9H,1-3,5-6H2,(H,15,16)(H,17,18). The number of nitrogens with one attached hydrogen (secondary N) is 1. The van der Waals surface area contributed by atoms with E-state index in [9.17, 15) is 13.2 Å². The van der Waals surface area contributed by atoms with Crippen molar-refractivity contribution in [1.29, 1.82) is 0 Å². The zero-order valence-corrected chi connectivity index (χ0v) is 12.2. The monoisotopic (exact) mass is 308 g/mol. The molecule has 6 nitrogen and oxygen atoms in total. The lowest BCUT2D eigenvalue weighted by atomic mass is 9.88. The van der Waals surface area contributed by atoms with Gasteiger partial charge in [0.2, 0.25) is 0 Å². The number of carboxylic acids is 1. The second-order valence-corrected chi connectivity index (χ2v) is 7.02. The summed E-state index contributed by atoms with van der Waals surface area (Å²) in [5, 5.41) is 9.15. The predicted octanol–water partition coefficient (Wildman–Crippen LogP) is 2.29. The van der Waals surface area contributed by atoms with Gasteiger partial charge < -0.3 is 5.11 Å². The predicted molar refractivity (Wildman–Crippen MR) is 77.4 cm³/mol. The van der Waals surface area contributed by atoms with E-state index >= 15 is 0 Å². The molecule has 3 rings (SSSR count). The van der Waals surface area contributed by atoms with E-state index in [0.717, 1.165) is 32.1 Å². The summed E-state index contributed by atoms with van der Waals surface area (Å²) in [7, 11) is -3.88. The Morgan fingerprint density at radius 3 is 2.62 bits per heavy atom. The number of aliphatic imine (C=N–C) groups is 1. The second-order valence-electron chi connectivity index (χ2n) is 5.40. The summed E-state index contributed by atoms with van der Waals surface area (Å²) >= 11 is 0. The minimum atomic E-state index is -3.88. The Labute approximate surface area is 123 Å². The van der Waals surface area contributed by atoms with Gasteiger partial charge in [0, 0.05) is 5.92 Å². The van der Waals surface area contributed by atoms with Crippen molar-refractivity contribution in [2.45, 2.75) is 37.0 Å². The summed E-state index contributed by atoms with van der Waals surface area (Å²) in [6.07, 6.45) is 5.11. The fraction of sp³-hybridized carbons (Fsp3) is 0.429. The largest absolute Gasteiger partial charge is 0.478 e. The Balaban J connectivity index is 2.11. The lowest BCUT2D eigenvalue weighted by Crippen LogP contribution is -2.39. The molecule has 1 saturated carbocycles. The Kier molecular flexibility index (Phi) is 3.44. The van der Waals surface area contributed by atoms with Crippen molar-refractivity contribution in [1.82, 2.24) is 4.72 Å². The molecule has 1 fully saturated rings. The molecule has 21 heavy (non-hydrogen) atoms. The second kappa shape index (κ2) is 5.14. The third kappa shape index (κ3) is 2.53. The molecule has 112 valence electrons. The fourth-order valence-electron chi connectivity index (χ4n) is 2.96. The van der Waals surface area contributed by atoms with Gasteiger partial charge in [-0.25, -0.2) is 18.2 Å². The van der Waals surface area contributed by atoms with E-state index in [1.165, 1.54) is 12.1 Å². The van der Waals surface area contributed by atoms with Gasteiger partial charge in [-0.15, -0.1) is 0 Å². The topological polar surface area (TPSA) is 95.8 Å². The van der Waals surface area contributed by atoms with Crippen LogP contribution in [0.3, 0.4) is 0 Å². The van der Waals surface area contributed by atoms with Crippen LogP contribution >= 0.6 is 0 Å². The van der Waals surface area contributed by atoms with Crippen LogP contribution in [0.4, 0.5) is 5.69 Å². The average Bonchev–Trinajstić information content (AvgIpc) is 2.46. The summed E-state index contributed by atoms with van der Waals surface area (Å²) in [5.41, 5.74) is -0.0272. The number of aromatic carboxylic acids is 1. The first-order chi connectivity index (χ1) is 9.99. The van der Waals surface area contributed by atoms with Crippen molar-refractivity contribution in [3.8, 4) is 0 Å². The van der Waals surface area contributed by atoms with Gasteiger partial charge in [0.05, 0.1) is 11.3 Å². The Morgan fingerprint density at radius 2 is 1.95 bits per heavy atom. The van der Waals surface area contributed by atoms with E-state index in [-0.39, 0.29) is 22.1 Å². The molecule has 0 saturated heterocycles. The number of carbonyl (C=O) groups is 1. The first kappa shape index (κ1) is 14.1. The quantitative estimate of drug-likeness (QED) is 0.876. The third-order valence-electron chi connectivity index (χ3n) is 3.97. The molecular formula is C14H16N2O4S. The number of fused-ring (bicyclic) bond motifs is 1. The average molecular weight is 308 g/mol. The van der Waals surface area contributed by atoms with Crippen LogP contribution in [0.25, 0.3) is 0 Å². The summed E-state index contributed by atoms with van der Waals surface area (Å²) in [6, 6.07) is 4.34. The molecule has 1 aromatic carbocycles. The molecule has 0 amide bonds. The first-order valence-corrected chi connectivity index (χ1v) is 8.45. The molecular weight excluding hydrogens is 292 g/mol. The van der Waals surface area contributed by atoms with Crippen molar-refractivity contribution in [2.24, 2.45) is 10.9 Å². The molecule has 7 heteroatoms. The van der Waals surface area contributed by atoms with Crippen LogP contribution in [-0.4, -0.2) is 25.3 Å². The number of nitrogens with zero attached hydrogens (tertiary/aromatic N) is 1. The van der Waals surface area contributed by atoms with E-state index in [2.05, 4.69) is 9.71 Å². The highest BCUT2D eigenvalue weighted by Crippen LogP contribution is 2.34. The van der Waals surface area contributed by atoms with Crippen molar-refractivity contribution in [2.75, 3.05) is 0 Å². The Hall–Kier alpha value is -1.89. The molecule has 2 aliphatic rings. The molecule has 0 radical (unpaired) electrons. The molecule has 0 spiro atoms. The van der Waals surface area contributed by atoms with Gasteiger partial charge in [0.25, 0.3) is 10.0 Å². The van der Waals surface area contributed by atoms with Crippen LogP contribution in [0.1, 0.15) is 42.5 Å². The minimum Gasteiger partial charge on any atom is -0.478 e. The minimum absolute atomic E-state index is 0.107. The van der Waals surface area contributed by atoms with E-state index in [1.807, 2.05) is 0 Å². The van der Waals surface area contributed by atoms with Gasteiger partial charge in [0.1, 0.15) is 10.7 Å². The number of hydrogen-bond acceptors (Lipinski definition) is 4. The summed E-state index contributed by atoms with van der Waals surface area (Å²) in [4.78, 5) is 15.3. The number of amidine groups is 1. The van der Waals surface area contributed by atoms with Crippen molar-refractivity contribution in [3.05, 3.63) is 23.8 Å². The van der Waals surface area contributed by atoms with Crippen LogP contribution in [-0.2, 0) is 10.0 Å². The van der Waals surface area contributed by atoms with Crippen LogP contribution < -0.4 is 4.72 Å². The van der Waals surface area contributed by atoms with Crippen LogP contribution in [0.5, 0.6) is 0 Å². The van der Waals surface area contributed by atoms with Crippen molar-refractivity contribution in [3.63, 3.8) is 0 Å². The lowest BCUT2D eigenvalue weighted by Gasteiger charge is -2.27. The lowest BCUT2D eigenvalue weighted by molar-refractivity contribution is 0.0692. The van der Waals surface area contributed by atoms with Crippen LogP contribution in [0.2, 0.25) is 0 Å². The number of rotatable bonds is 2. The molecule has 0 atom stereocenters. The van der Waals surface area contributed by atoms with E-state index < -0.39 is 16.0 Å². The SMILES string of the molecule is O=C(O)c1cccc2c1S(=O)(=O)NC(C1CCCCC1)=N2. The molecule has 1 heterocycles. The molecule has 0 unspecified atom stereocenters. The van der Waals surface area contributed by atoms with Crippen molar-refractivity contribution >= 4 is 27.5 Å². The maximum absolute atomic E-state index is 12.4. The highest BCUT2D eigenvalue weighted by molar-refractivity contribution is 7.90. The van der Waals surface area contributed by atoms with Gasteiger partial charge in [-0.1, -0.05) is 25.3 Å². The highest BCUT2D eigenvalue weighted by Gasteiger charge is 2.33. The normalized spacial score (nSPS) is 21.0. The summed E-state index contributed by atoms with van der Waals surface area (Å²) in [6.45, 7) is 0. The van der Waals surface area contributed by atoms with Crippen LogP contribution in [0, 0.1) is 5.92 Å². The number of sulfonamides is 1. The first-order valence-electron chi connectivity index (χ1n) is 6.97. The molecule has 0 aromatic heterocycles. The third-order valence-corrected chi connectivity index (χ3v) is 5.41. The smallest absolute Gasteiger partial charge is 0.337 e. The molecule has 1 aromatic rings. The van der Waals surface area contributed by atoms with Crippen LogP contribution in [0.15, 0.2) is 28.1 Å². The van der Waals surface area contributed by atoms with Gasteiger partial charge >= 0.3 is 5.97 Å². The van der Waals surface area contributed by atoms with Gasteiger partial charge in [0.15, 0.2) is 0 Å². The summed E-state index contributed by atoms with van der Waals surface area (Å²) in [5.74, 6) is -0.714. The Bertz CT molecular complexity index is 718. The molecule has 0 bridgehead atoms. The van der Waals surface area contributed by atoms with Gasteiger partial charge in [-0.05, 0) is 25.0 Å². The fourth-order valence-corrected chi connectivity index (χ4v) is 4.38.